The van der Waals surface area contributed by atoms with Gasteiger partial charge in [-0.15, -0.1) is 0 Å². The molecule has 0 aromatic heterocycles. The number of likely N-dealkylation sites (N-methyl/N-ethyl adjacent to an activating group) is 1. The zero-order chi connectivity index (χ0) is 21.8. The molecular weight excluding hydrogens is 380 g/mol. The Kier molecular flexibility index (Phi) is 5.26. The minimum atomic E-state index is -0.545. The topological polar surface area (TPSA) is 75.7 Å². The Balaban J connectivity index is 1.61. The van der Waals surface area contributed by atoms with Crippen LogP contribution in [0.5, 0.6) is 0 Å². The third-order valence-corrected chi connectivity index (χ3v) is 9.20. The largest absolute Gasteiger partial charge is 0.442 e. The summed E-state index contributed by atoms with van der Waals surface area (Å²) in [6.45, 7) is 7.60. The SMILES string of the molecule is CC(=O)NC(OC(C)=O)[C@H]1CC[C@H]2[C@@H]3CC[C@H]4N(C)C(=O)C=C[C@]4(C)[C@H]3CC[C@]12C. The molecule has 1 unspecified atom stereocenters. The second-order valence-corrected chi connectivity index (χ2v) is 10.6. The number of ether oxygens (including phenoxy) is 1. The van der Waals surface area contributed by atoms with Crippen LogP contribution in [0.25, 0.3) is 0 Å². The van der Waals surface area contributed by atoms with Gasteiger partial charge in [0, 0.05) is 38.3 Å². The molecule has 4 rings (SSSR count). The molecule has 0 spiro atoms. The van der Waals surface area contributed by atoms with Crippen molar-refractivity contribution < 1.29 is 19.1 Å². The van der Waals surface area contributed by atoms with Crippen molar-refractivity contribution in [3.63, 3.8) is 0 Å². The first-order valence-corrected chi connectivity index (χ1v) is 11.5. The minimum absolute atomic E-state index is 0.0257. The van der Waals surface area contributed by atoms with Gasteiger partial charge in [-0.05, 0) is 67.8 Å². The van der Waals surface area contributed by atoms with Gasteiger partial charge in [0.25, 0.3) is 0 Å². The first-order valence-electron chi connectivity index (χ1n) is 11.5. The van der Waals surface area contributed by atoms with Gasteiger partial charge >= 0.3 is 5.97 Å². The fraction of sp³-hybridized carbons (Fsp3) is 0.792. The lowest BCUT2D eigenvalue weighted by atomic mass is 9.47. The molecule has 6 heteroatoms. The molecule has 0 aromatic carbocycles. The van der Waals surface area contributed by atoms with E-state index in [1.165, 1.54) is 13.8 Å². The number of amides is 2. The quantitative estimate of drug-likeness (QED) is 0.566. The Hall–Kier alpha value is -1.85. The van der Waals surface area contributed by atoms with Gasteiger partial charge in [0.15, 0.2) is 6.23 Å². The van der Waals surface area contributed by atoms with E-state index in [4.69, 9.17) is 4.74 Å². The van der Waals surface area contributed by atoms with E-state index in [-0.39, 0.29) is 40.6 Å². The second-order valence-electron chi connectivity index (χ2n) is 10.6. The normalized spacial score (nSPS) is 43.3. The number of hydrogen-bond acceptors (Lipinski definition) is 4. The van der Waals surface area contributed by atoms with Gasteiger partial charge in [-0.25, -0.2) is 0 Å². The molecule has 3 aliphatic carbocycles. The molecule has 2 amide bonds. The van der Waals surface area contributed by atoms with Crippen molar-refractivity contribution in [2.45, 2.75) is 78.5 Å². The maximum atomic E-state index is 12.2. The van der Waals surface area contributed by atoms with Crippen LogP contribution in [-0.4, -0.2) is 42.0 Å². The van der Waals surface area contributed by atoms with Crippen molar-refractivity contribution in [3.8, 4) is 0 Å². The molecule has 166 valence electrons. The Morgan fingerprint density at radius 3 is 2.53 bits per heavy atom. The van der Waals surface area contributed by atoms with Crippen LogP contribution >= 0.6 is 0 Å². The van der Waals surface area contributed by atoms with Crippen LogP contribution in [0.4, 0.5) is 0 Å². The van der Waals surface area contributed by atoms with Crippen molar-refractivity contribution in [2.24, 2.45) is 34.5 Å². The highest BCUT2D eigenvalue weighted by Crippen LogP contribution is 2.66. The molecule has 3 fully saturated rings. The molecule has 4 aliphatic rings. The molecule has 0 aromatic rings. The van der Waals surface area contributed by atoms with E-state index in [2.05, 4.69) is 25.2 Å². The zero-order valence-electron chi connectivity index (χ0n) is 18.9. The van der Waals surface area contributed by atoms with E-state index in [9.17, 15) is 14.4 Å². The van der Waals surface area contributed by atoms with Crippen molar-refractivity contribution >= 4 is 17.8 Å². The van der Waals surface area contributed by atoms with E-state index in [0.717, 1.165) is 38.5 Å². The molecule has 1 N–H and O–H groups in total. The zero-order valence-corrected chi connectivity index (χ0v) is 18.9. The third-order valence-electron chi connectivity index (χ3n) is 9.20. The third kappa shape index (κ3) is 3.18. The first kappa shape index (κ1) is 21.4. The smallest absolute Gasteiger partial charge is 0.304 e. The van der Waals surface area contributed by atoms with Gasteiger partial charge in [-0.2, -0.15) is 0 Å². The molecule has 1 aliphatic heterocycles. The number of nitrogens with zero attached hydrogens (tertiary/aromatic N) is 1. The number of rotatable bonds is 3. The Morgan fingerprint density at radius 1 is 1.13 bits per heavy atom. The summed E-state index contributed by atoms with van der Waals surface area (Å²) in [5.74, 6) is 1.49. The summed E-state index contributed by atoms with van der Waals surface area (Å²) in [6.07, 6.45) is 9.87. The fourth-order valence-corrected chi connectivity index (χ4v) is 7.87. The summed E-state index contributed by atoms with van der Waals surface area (Å²) < 4.78 is 5.60. The molecular formula is C24H36N2O4. The fourth-order valence-electron chi connectivity index (χ4n) is 7.87. The van der Waals surface area contributed by atoms with Gasteiger partial charge in [-0.3, -0.25) is 14.4 Å². The summed E-state index contributed by atoms with van der Waals surface area (Å²) >= 11 is 0. The standard InChI is InChI=1S/C24H36N2O4/c1-14(27)25-22(30-15(2)28)19-8-7-17-16-6-9-20-24(4,13-11-21(29)26(20)5)18(16)10-12-23(17,19)3/h11,13,16-20,22H,6-10,12H2,1-5H3,(H,25,27)/t16-,17-,18-,19+,20+,22?,23-,24+/m0/s1. The van der Waals surface area contributed by atoms with Crippen molar-refractivity contribution in [1.29, 1.82) is 0 Å². The molecule has 30 heavy (non-hydrogen) atoms. The Morgan fingerprint density at radius 2 is 1.87 bits per heavy atom. The maximum absolute atomic E-state index is 12.2. The van der Waals surface area contributed by atoms with Crippen LogP contribution in [0.15, 0.2) is 12.2 Å². The molecule has 3 saturated carbocycles. The van der Waals surface area contributed by atoms with Crippen molar-refractivity contribution in [1.82, 2.24) is 10.2 Å². The van der Waals surface area contributed by atoms with E-state index in [1.54, 1.807) is 6.08 Å². The number of nitrogens with one attached hydrogen (secondary N) is 1. The minimum Gasteiger partial charge on any atom is -0.442 e. The summed E-state index contributed by atoms with van der Waals surface area (Å²) in [5, 5.41) is 2.91. The van der Waals surface area contributed by atoms with Gasteiger partial charge in [0.2, 0.25) is 11.8 Å². The monoisotopic (exact) mass is 416 g/mol. The van der Waals surface area contributed by atoms with E-state index in [1.807, 2.05) is 11.9 Å². The number of carbonyl (C=O) groups is 3. The summed E-state index contributed by atoms with van der Waals surface area (Å²) in [4.78, 5) is 37.7. The average Bonchev–Trinajstić information content (AvgIpc) is 3.01. The summed E-state index contributed by atoms with van der Waals surface area (Å²) in [5.41, 5.74) is 0.0744. The van der Waals surface area contributed by atoms with Crippen LogP contribution in [0.1, 0.15) is 66.2 Å². The lowest BCUT2D eigenvalue weighted by Crippen LogP contribution is -2.60. The van der Waals surface area contributed by atoms with Crippen LogP contribution in [0.3, 0.4) is 0 Å². The predicted molar refractivity (Wildman–Crippen MR) is 113 cm³/mol. The highest BCUT2D eigenvalue weighted by atomic mass is 16.6. The van der Waals surface area contributed by atoms with Gasteiger partial charge in [0.05, 0.1) is 0 Å². The molecule has 0 radical (unpaired) electrons. The number of esters is 1. The van der Waals surface area contributed by atoms with E-state index < -0.39 is 6.23 Å². The van der Waals surface area contributed by atoms with Crippen LogP contribution in [0, 0.1) is 34.5 Å². The molecule has 0 bridgehead atoms. The van der Waals surface area contributed by atoms with Gasteiger partial charge in [-0.1, -0.05) is 19.9 Å². The second kappa shape index (κ2) is 7.38. The van der Waals surface area contributed by atoms with Crippen molar-refractivity contribution in [2.75, 3.05) is 7.05 Å². The van der Waals surface area contributed by atoms with E-state index in [0.29, 0.717) is 17.8 Å². The van der Waals surface area contributed by atoms with Crippen LogP contribution in [-0.2, 0) is 19.1 Å². The first-order chi connectivity index (χ1) is 14.1. The maximum Gasteiger partial charge on any atom is 0.304 e. The Labute approximate surface area is 179 Å². The molecule has 6 nitrogen and oxygen atoms in total. The van der Waals surface area contributed by atoms with Crippen LogP contribution < -0.4 is 5.32 Å². The predicted octanol–water partition coefficient (Wildman–Crippen LogP) is 3.27. The van der Waals surface area contributed by atoms with Crippen molar-refractivity contribution in [3.05, 3.63) is 12.2 Å². The Bertz CT molecular complexity index is 763. The number of hydrogen-bond donors (Lipinski definition) is 1. The number of fused-ring (bicyclic) bond motifs is 5. The van der Waals surface area contributed by atoms with E-state index >= 15 is 0 Å². The lowest BCUT2D eigenvalue weighted by Gasteiger charge is -2.60. The number of carbonyl (C=O) groups excluding carboxylic acids is 3. The van der Waals surface area contributed by atoms with Crippen LogP contribution in [0.2, 0.25) is 0 Å². The van der Waals surface area contributed by atoms with Gasteiger partial charge < -0.3 is 15.0 Å². The lowest BCUT2D eigenvalue weighted by molar-refractivity contribution is -0.160. The average molecular weight is 417 g/mol. The molecule has 1 heterocycles. The summed E-state index contributed by atoms with van der Waals surface area (Å²) in [7, 11) is 1.95. The summed E-state index contributed by atoms with van der Waals surface area (Å²) in [6, 6.07) is 0.283. The highest BCUT2D eigenvalue weighted by Gasteiger charge is 2.61. The molecule has 8 atom stereocenters. The van der Waals surface area contributed by atoms with Gasteiger partial charge in [0.1, 0.15) is 0 Å². The highest BCUT2D eigenvalue weighted by molar-refractivity contribution is 5.89. The molecule has 0 saturated heterocycles.